The summed E-state index contributed by atoms with van der Waals surface area (Å²) in [5.74, 6) is 0. The number of ether oxygens (including phenoxy) is 1. The molecule has 72 valence electrons. The molecule has 0 bridgehead atoms. The Kier molecular flexibility index (Phi) is 2.99. The summed E-state index contributed by atoms with van der Waals surface area (Å²) in [7, 11) is 0. The maximum Gasteiger partial charge on any atom is 0.184 e. The van der Waals surface area contributed by atoms with E-state index in [0.717, 1.165) is 0 Å². The van der Waals surface area contributed by atoms with E-state index in [2.05, 4.69) is 4.74 Å². The fourth-order valence-electron chi connectivity index (χ4n) is 1.08. The molecule has 5 N–H and O–H groups in total. The monoisotopic (exact) mass is 180 g/mol. The van der Waals surface area contributed by atoms with Crippen LogP contribution in [-0.2, 0) is 4.74 Å². The van der Waals surface area contributed by atoms with Gasteiger partial charge in [-0.2, -0.15) is 0 Å². The lowest BCUT2D eigenvalue weighted by Gasteiger charge is -2.37. The number of hydrogen-bond acceptors (Lipinski definition) is 6. The first kappa shape index (κ1) is 9.85. The summed E-state index contributed by atoms with van der Waals surface area (Å²) in [6.07, 6.45) is -7.04. The van der Waals surface area contributed by atoms with Crippen molar-refractivity contribution in [2.75, 3.05) is 6.61 Å². The molecule has 0 spiro atoms. The predicted octanol–water partition coefficient (Wildman–Crippen LogP) is -3.22. The van der Waals surface area contributed by atoms with Gasteiger partial charge in [-0.25, -0.2) is 0 Å². The van der Waals surface area contributed by atoms with E-state index in [1.54, 1.807) is 0 Å². The number of rotatable bonds is 1. The van der Waals surface area contributed by atoms with Crippen molar-refractivity contribution < 1.29 is 30.3 Å². The van der Waals surface area contributed by atoms with E-state index in [0.29, 0.717) is 0 Å². The van der Waals surface area contributed by atoms with Gasteiger partial charge in [0.1, 0.15) is 24.4 Å². The molecule has 0 aromatic carbocycles. The number of aliphatic hydroxyl groups is 5. The minimum atomic E-state index is -1.57. The second kappa shape index (κ2) is 3.65. The topological polar surface area (TPSA) is 110 Å². The molecule has 1 unspecified atom stereocenters. The van der Waals surface area contributed by atoms with Crippen LogP contribution in [0.4, 0.5) is 0 Å². The normalized spacial score (nSPS) is 49.2. The first-order valence-electron chi connectivity index (χ1n) is 3.56. The van der Waals surface area contributed by atoms with Gasteiger partial charge < -0.3 is 30.3 Å². The van der Waals surface area contributed by atoms with Crippen molar-refractivity contribution in [1.29, 1.82) is 0 Å². The van der Waals surface area contributed by atoms with Crippen LogP contribution >= 0.6 is 0 Å². The zero-order valence-corrected chi connectivity index (χ0v) is 6.24. The standard InChI is InChI=1S/C6H12O6/c7-1-2-3(8)4(9)5(10)6(11)12-2/h2-11H,1H2/t2-,3-,4?,5-,6-/m0/s1. The van der Waals surface area contributed by atoms with E-state index in [1.807, 2.05) is 0 Å². The Morgan fingerprint density at radius 1 is 0.917 bits per heavy atom. The van der Waals surface area contributed by atoms with Crippen molar-refractivity contribution in [1.82, 2.24) is 0 Å². The fraction of sp³-hybridized carbons (Fsp3) is 1.00. The molecule has 5 atom stereocenters. The summed E-state index contributed by atoms with van der Waals surface area (Å²) >= 11 is 0. The quantitative estimate of drug-likeness (QED) is 0.290. The zero-order valence-electron chi connectivity index (χ0n) is 6.24. The summed E-state index contributed by atoms with van der Waals surface area (Å²) in [6, 6.07) is 0. The van der Waals surface area contributed by atoms with Crippen molar-refractivity contribution in [3.8, 4) is 0 Å². The van der Waals surface area contributed by atoms with Gasteiger partial charge >= 0.3 is 0 Å². The highest BCUT2D eigenvalue weighted by atomic mass is 16.6. The lowest BCUT2D eigenvalue weighted by molar-refractivity contribution is -0.286. The highest BCUT2D eigenvalue weighted by Crippen LogP contribution is 2.18. The summed E-state index contributed by atoms with van der Waals surface area (Å²) < 4.78 is 4.58. The van der Waals surface area contributed by atoms with E-state index < -0.39 is 37.3 Å². The second-order valence-corrected chi connectivity index (χ2v) is 2.72. The van der Waals surface area contributed by atoms with Crippen LogP contribution in [0.3, 0.4) is 0 Å². The lowest BCUT2D eigenvalue weighted by atomic mass is 10.00. The van der Waals surface area contributed by atoms with Gasteiger partial charge in [0.25, 0.3) is 0 Å². The van der Waals surface area contributed by atoms with Crippen molar-refractivity contribution in [2.45, 2.75) is 30.7 Å². The van der Waals surface area contributed by atoms with E-state index in [1.165, 1.54) is 0 Å². The molecule has 1 fully saturated rings. The molecule has 1 aliphatic heterocycles. The molecular formula is C6H12O6. The average Bonchev–Trinajstić information content (AvgIpc) is 2.08. The Morgan fingerprint density at radius 2 is 1.50 bits per heavy atom. The molecule has 1 rings (SSSR count). The first-order valence-corrected chi connectivity index (χ1v) is 3.56. The maximum atomic E-state index is 9.12. The van der Waals surface area contributed by atoms with Gasteiger partial charge in [-0.3, -0.25) is 0 Å². The van der Waals surface area contributed by atoms with Gasteiger partial charge in [0.2, 0.25) is 0 Å². The second-order valence-electron chi connectivity index (χ2n) is 2.72. The Bertz CT molecular complexity index is 146. The zero-order chi connectivity index (χ0) is 9.30. The molecule has 0 aliphatic carbocycles. The summed E-state index contributed by atoms with van der Waals surface area (Å²) in [6.45, 7) is -0.526. The molecule has 6 heteroatoms. The Balaban J connectivity index is 2.63. The molecule has 0 amide bonds. The van der Waals surface area contributed by atoms with Gasteiger partial charge in [-0.15, -0.1) is 0 Å². The number of hydrogen-bond donors (Lipinski definition) is 5. The van der Waals surface area contributed by atoms with Crippen molar-refractivity contribution in [2.24, 2.45) is 0 Å². The largest absolute Gasteiger partial charge is 0.394 e. The average molecular weight is 180 g/mol. The summed E-state index contributed by atoms with van der Waals surface area (Å²) in [5.41, 5.74) is 0. The Morgan fingerprint density at radius 3 is 2.00 bits per heavy atom. The maximum absolute atomic E-state index is 9.12. The van der Waals surface area contributed by atoms with E-state index >= 15 is 0 Å². The van der Waals surface area contributed by atoms with Gasteiger partial charge in [-0.1, -0.05) is 0 Å². The third kappa shape index (κ3) is 1.58. The summed E-state index contributed by atoms with van der Waals surface area (Å²) in [5, 5.41) is 44.7. The van der Waals surface area contributed by atoms with Crippen LogP contribution in [0, 0.1) is 0 Å². The molecule has 1 aliphatic rings. The molecule has 0 radical (unpaired) electrons. The number of aliphatic hydroxyl groups excluding tert-OH is 5. The van der Waals surface area contributed by atoms with Gasteiger partial charge in [0.15, 0.2) is 6.29 Å². The molecule has 1 saturated heterocycles. The van der Waals surface area contributed by atoms with E-state index in [9.17, 15) is 0 Å². The van der Waals surface area contributed by atoms with Gasteiger partial charge in [0.05, 0.1) is 6.61 Å². The SMILES string of the molecule is OC[C@@H]1O[C@H](O)[C@@H](O)C(O)[C@H]1O. The van der Waals surface area contributed by atoms with Crippen molar-refractivity contribution in [3.63, 3.8) is 0 Å². The first-order chi connectivity index (χ1) is 5.57. The third-order valence-corrected chi connectivity index (χ3v) is 1.87. The third-order valence-electron chi connectivity index (χ3n) is 1.87. The predicted molar refractivity (Wildman–Crippen MR) is 36.0 cm³/mol. The lowest BCUT2D eigenvalue weighted by Crippen LogP contribution is -2.58. The van der Waals surface area contributed by atoms with Crippen LogP contribution in [0.2, 0.25) is 0 Å². The van der Waals surface area contributed by atoms with Crippen LogP contribution < -0.4 is 0 Å². The molecule has 0 saturated carbocycles. The minimum absolute atomic E-state index is 0.526. The van der Waals surface area contributed by atoms with Gasteiger partial charge in [0, 0.05) is 0 Å². The Hall–Kier alpha value is -0.240. The molecule has 0 aromatic rings. The smallest absolute Gasteiger partial charge is 0.184 e. The molecule has 1 heterocycles. The van der Waals surface area contributed by atoms with Crippen LogP contribution in [0.25, 0.3) is 0 Å². The van der Waals surface area contributed by atoms with Crippen LogP contribution in [-0.4, -0.2) is 62.8 Å². The van der Waals surface area contributed by atoms with Crippen LogP contribution in [0.1, 0.15) is 0 Å². The fourth-order valence-corrected chi connectivity index (χ4v) is 1.08. The molecule has 0 aromatic heterocycles. The molecule has 12 heavy (non-hydrogen) atoms. The van der Waals surface area contributed by atoms with Gasteiger partial charge in [-0.05, 0) is 0 Å². The van der Waals surface area contributed by atoms with Crippen molar-refractivity contribution in [3.05, 3.63) is 0 Å². The highest BCUT2D eigenvalue weighted by Gasteiger charge is 2.42. The van der Waals surface area contributed by atoms with Crippen molar-refractivity contribution >= 4 is 0 Å². The summed E-state index contributed by atoms with van der Waals surface area (Å²) in [4.78, 5) is 0. The molecule has 6 nitrogen and oxygen atoms in total. The van der Waals surface area contributed by atoms with Crippen LogP contribution in [0.15, 0.2) is 0 Å². The van der Waals surface area contributed by atoms with E-state index in [-0.39, 0.29) is 0 Å². The van der Waals surface area contributed by atoms with Crippen LogP contribution in [0.5, 0.6) is 0 Å². The highest BCUT2D eigenvalue weighted by molar-refractivity contribution is 4.87. The molecular weight excluding hydrogens is 168 g/mol. The van der Waals surface area contributed by atoms with E-state index in [4.69, 9.17) is 25.5 Å². The minimum Gasteiger partial charge on any atom is -0.394 e. The Labute approximate surface area is 68.6 Å².